The Morgan fingerprint density at radius 3 is 2.47 bits per heavy atom. The minimum absolute atomic E-state index is 0.0224. The molecule has 1 N–H and O–H groups in total. The standard InChI is InChI=1S/C20H23N3O7S2/c1-29-18-7-6-15(23-20(24)8-13-31(23,25)26)14-19(18)32(27,28)21-16-4-2-3-5-17(16)22-9-11-30-12-10-22/h2-7,14,21H,8-13H2,1H3. The quantitative estimate of drug-likeness (QED) is 0.657. The van der Waals surface area contributed by atoms with E-state index in [1.54, 1.807) is 12.1 Å². The number of benzene rings is 2. The smallest absolute Gasteiger partial charge is 0.265 e. The maximum absolute atomic E-state index is 13.3. The summed E-state index contributed by atoms with van der Waals surface area (Å²) in [5.74, 6) is -0.899. The molecule has 1 amide bonds. The molecular weight excluding hydrogens is 458 g/mol. The molecule has 0 unspecified atom stereocenters. The Morgan fingerprint density at radius 2 is 1.81 bits per heavy atom. The van der Waals surface area contributed by atoms with E-state index in [0.717, 1.165) is 6.07 Å². The molecule has 32 heavy (non-hydrogen) atoms. The summed E-state index contributed by atoms with van der Waals surface area (Å²) >= 11 is 0. The van der Waals surface area contributed by atoms with Crippen molar-refractivity contribution in [2.45, 2.75) is 11.3 Å². The molecule has 2 heterocycles. The molecule has 2 saturated heterocycles. The van der Waals surface area contributed by atoms with Gasteiger partial charge in [0, 0.05) is 19.5 Å². The molecule has 0 atom stereocenters. The van der Waals surface area contributed by atoms with E-state index in [1.807, 2.05) is 17.0 Å². The summed E-state index contributed by atoms with van der Waals surface area (Å²) < 4.78 is 65.1. The van der Waals surface area contributed by atoms with Gasteiger partial charge in [-0.15, -0.1) is 0 Å². The molecule has 2 aromatic carbocycles. The number of amides is 1. The van der Waals surface area contributed by atoms with E-state index in [9.17, 15) is 21.6 Å². The predicted molar refractivity (Wildman–Crippen MR) is 119 cm³/mol. The lowest BCUT2D eigenvalue weighted by atomic mass is 10.2. The molecule has 0 aromatic heterocycles. The Hall–Kier alpha value is -2.83. The molecule has 2 fully saturated rings. The van der Waals surface area contributed by atoms with Crippen molar-refractivity contribution >= 4 is 43.0 Å². The summed E-state index contributed by atoms with van der Waals surface area (Å²) in [5.41, 5.74) is 1.02. The highest BCUT2D eigenvalue weighted by Crippen LogP contribution is 2.35. The van der Waals surface area contributed by atoms with Gasteiger partial charge in [-0.2, -0.15) is 0 Å². The van der Waals surface area contributed by atoms with Crippen LogP contribution in [0, 0.1) is 0 Å². The van der Waals surface area contributed by atoms with E-state index in [-0.39, 0.29) is 28.5 Å². The molecule has 0 aliphatic carbocycles. The third-order valence-electron chi connectivity index (χ3n) is 5.25. The highest BCUT2D eigenvalue weighted by Gasteiger charge is 2.37. The van der Waals surface area contributed by atoms with Gasteiger partial charge >= 0.3 is 0 Å². The maximum atomic E-state index is 13.3. The van der Waals surface area contributed by atoms with Gasteiger partial charge in [-0.25, -0.2) is 21.1 Å². The van der Waals surface area contributed by atoms with E-state index in [0.29, 0.717) is 42.0 Å². The van der Waals surface area contributed by atoms with Crippen molar-refractivity contribution in [3.63, 3.8) is 0 Å². The van der Waals surface area contributed by atoms with Gasteiger partial charge in [-0.1, -0.05) is 12.1 Å². The number of morpholine rings is 1. The van der Waals surface area contributed by atoms with Crippen molar-refractivity contribution in [3.8, 4) is 5.75 Å². The van der Waals surface area contributed by atoms with Gasteiger partial charge in [-0.3, -0.25) is 9.52 Å². The van der Waals surface area contributed by atoms with Crippen LogP contribution in [0.15, 0.2) is 47.4 Å². The molecular formula is C20H23N3O7S2. The lowest BCUT2D eigenvalue weighted by molar-refractivity contribution is -0.116. The Morgan fingerprint density at radius 1 is 1.09 bits per heavy atom. The van der Waals surface area contributed by atoms with Crippen molar-refractivity contribution in [1.29, 1.82) is 0 Å². The fourth-order valence-corrected chi connectivity index (χ4v) is 6.43. The summed E-state index contributed by atoms with van der Waals surface area (Å²) in [5, 5.41) is 0. The van der Waals surface area contributed by atoms with Gasteiger partial charge in [0.05, 0.1) is 43.1 Å². The third-order valence-corrected chi connectivity index (χ3v) is 8.33. The van der Waals surface area contributed by atoms with E-state index >= 15 is 0 Å². The topological polar surface area (TPSA) is 122 Å². The predicted octanol–water partition coefficient (Wildman–Crippen LogP) is 1.40. The lowest BCUT2D eigenvalue weighted by Crippen LogP contribution is -2.36. The molecule has 2 aliphatic heterocycles. The zero-order chi connectivity index (χ0) is 22.9. The Kier molecular flexibility index (Phi) is 6.01. The number of ether oxygens (including phenoxy) is 2. The normalized spacial score (nSPS) is 18.6. The Labute approximate surface area is 186 Å². The van der Waals surface area contributed by atoms with E-state index in [4.69, 9.17) is 9.47 Å². The Bertz CT molecular complexity index is 1240. The first-order valence-electron chi connectivity index (χ1n) is 9.91. The van der Waals surface area contributed by atoms with Crippen molar-refractivity contribution in [2.24, 2.45) is 0 Å². The van der Waals surface area contributed by atoms with Gasteiger partial charge in [0.15, 0.2) is 0 Å². The van der Waals surface area contributed by atoms with Crippen LogP contribution in [0.5, 0.6) is 5.75 Å². The number of hydrogen-bond acceptors (Lipinski definition) is 8. The molecule has 0 spiro atoms. The van der Waals surface area contributed by atoms with E-state index in [1.165, 1.54) is 19.2 Å². The maximum Gasteiger partial charge on any atom is 0.265 e. The summed E-state index contributed by atoms with van der Waals surface area (Å²) in [6, 6.07) is 10.8. The molecule has 0 saturated carbocycles. The van der Waals surface area contributed by atoms with E-state index in [2.05, 4.69) is 4.72 Å². The molecule has 172 valence electrons. The number of rotatable bonds is 6. The second-order valence-corrected chi connectivity index (χ2v) is 10.9. The van der Waals surface area contributed by atoms with Crippen LogP contribution in [0.1, 0.15) is 6.42 Å². The van der Waals surface area contributed by atoms with Crippen molar-refractivity contribution in [2.75, 3.05) is 53.1 Å². The average Bonchev–Trinajstić information content (AvgIpc) is 3.06. The summed E-state index contributed by atoms with van der Waals surface area (Å²) in [4.78, 5) is 13.9. The first-order valence-corrected chi connectivity index (χ1v) is 13.0. The van der Waals surface area contributed by atoms with Gasteiger partial charge in [-0.05, 0) is 30.3 Å². The second-order valence-electron chi connectivity index (χ2n) is 7.28. The van der Waals surface area contributed by atoms with Crippen LogP contribution >= 0.6 is 0 Å². The Balaban J connectivity index is 1.73. The van der Waals surface area contributed by atoms with Crippen molar-refractivity contribution in [3.05, 3.63) is 42.5 Å². The average molecular weight is 482 g/mol. The van der Waals surface area contributed by atoms with Crippen LogP contribution in [-0.2, 0) is 29.6 Å². The number of methoxy groups -OCH3 is 1. The highest BCUT2D eigenvalue weighted by atomic mass is 32.2. The molecule has 0 bridgehead atoms. The number of nitrogens with zero attached hydrogens (tertiary/aromatic N) is 2. The minimum atomic E-state index is -4.19. The first-order chi connectivity index (χ1) is 15.2. The molecule has 12 heteroatoms. The van der Waals surface area contributed by atoms with Crippen LogP contribution in [0.2, 0.25) is 0 Å². The number of hydrogen-bond donors (Lipinski definition) is 1. The zero-order valence-electron chi connectivity index (χ0n) is 17.4. The number of para-hydroxylation sites is 2. The van der Waals surface area contributed by atoms with Crippen molar-refractivity contribution in [1.82, 2.24) is 0 Å². The third kappa shape index (κ3) is 4.25. The number of anilines is 3. The molecule has 10 nitrogen and oxygen atoms in total. The van der Waals surface area contributed by atoms with Crippen molar-refractivity contribution < 1.29 is 31.1 Å². The summed E-state index contributed by atoms with van der Waals surface area (Å²) in [6.45, 7) is 2.31. The van der Waals surface area contributed by atoms with Crippen LogP contribution in [0.3, 0.4) is 0 Å². The number of sulfonamides is 2. The van der Waals surface area contributed by atoms with E-state index < -0.39 is 26.0 Å². The lowest BCUT2D eigenvalue weighted by Gasteiger charge is -2.30. The number of carbonyl (C=O) groups excluding carboxylic acids is 1. The SMILES string of the molecule is COc1ccc(N2C(=O)CCS2(=O)=O)cc1S(=O)(=O)Nc1ccccc1N1CCOCC1. The van der Waals surface area contributed by atoms with Gasteiger partial charge in [0.25, 0.3) is 10.0 Å². The molecule has 0 radical (unpaired) electrons. The van der Waals surface area contributed by atoms with Crippen LogP contribution in [-0.4, -0.2) is 61.9 Å². The molecule has 2 aromatic rings. The van der Waals surface area contributed by atoms with Crippen LogP contribution < -0.4 is 18.7 Å². The highest BCUT2D eigenvalue weighted by molar-refractivity contribution is 7.94. The van der Waals surface area contributed by atoms with Crippen LogP contribution in [0.4, 0.5) is 17.1 Å². The molecule has 4 rings (SSSR count). The number of nitrogens with one attached hydrogen (secondary N) is 1. The first kappa shape index (κ1) is 22.4. The fourth-order valence-electron chi connectivity index (χ4n) is 3.71. The minimum Gasteiger partial charge on any atom is -0.495 e. The monoisotopic (exact) mass is 481 g/mol. The van der Waals surface area contributed by atoms with Gasteiger partial charge in [0.1, 0.15) is 10.6 Å². The largest absolute Gasteiger partial charge is 0.495 e. The van der Waals surface area contributed by atoms with Gasteiger partial charge in [0.2, 0.25) is 15.9 Å². The summed E-state index contributed by atoms with van der Waals surface area (Å²) in [6.07, 6.45) is -0.151. The second kappa shape index (κ2) is 8.60. The molecule has 2 aliphatic rings. The van der Waals surface area contributed by atoms with Gasteiger partial charge < -0.3 is 14.4 Å². The fraction of sp³-hybridized carbons (Fsp3) is 0.350. The van der Waals surface area contributed by atoms with Crippen LogP contribution in [0.25, 0.3) is 0 Å². The number of carbonyl (C=O) groups is 1. The summed E-state index contributed by atoms with van der Waals surface area (Å²) in [7, 11) is -6.72. The zero-order valence-corrected chi connectivity index (χ0v) is 19.0.